The molecule has 2 N–H and O–H groups in total. The van der Waals surface area contributed by atoms with Crippen molar-refractivity contribution >= 4 is 27.3 Å². The lowest BCUT2D eigenvalue weighted by atomic mass is 10.0. The highest BCUT2D eigenvalue weighted by molar-refractivity contribution is 8.00. The molecule has 2 rings (SSSR count). The zero-order valence-electron chi connectivity index (χ0n) is 10.6. The van der Waals surface area contributed by atoms with Gasteiger partial charge in [0.05, 0.1) is 4.90 Å². The van der Waals surface area contributed by atoms with Crippen LogP contribution in [0.15, 0.2) is 28.0 Å². The van der Waals surface area contributed by atoms with Gasteiger partial charge in [-0.25, -0.2) is 8.42 Å². The van der Waals surface area contributed by atoms with Crippen LogP contribution in [0, 0.1) is 0 Å². The van der Waals surface area contributed by atoms with E-state index >= 15 is 0 Å². The minimum Gasteiger partial charge on any atom is -0.398 e. The van der Waals surface area contributed by atoms with Crippen molar-refractivity contribution in [3.63, 3.8) is 0 Å². The molecule has 100 valence electrons. The van der Waals surface area contributed by atoms with Crippen molar-refractivity contribution in [1.29, 1.82) is 0 Å². The van der Waals surface area contributed by atoms with E-state index in [-0.39, 0.29) is 0 Å². The van der Waals surface area contributed by atoms with Crippen molar-refractivity contribution < 1.29 is 8.42 Å². The molecule has 1 aromatic rings. The highest BCUT2D eigenvalue weighted by Crippen LogP contribution is 2.36. The number of nitrogen functional groups attached to an aromatic ring is 1. The summed E-state index contributed by atoms with van der Waals surface area (Å²) in [6.45, 7) is 0. The maximum absolute atomic E-state index is 11.4. The van der Waals surface area contributed by atoms with Crippen molar-refractivity contribution in [2.45, 2.75) is 47.1 Å². The van der Waals surface area contributed by atoms with Crippen LogP contribution >= 0.6 is 11.8 Å². The van der Waals surface area contributed by atoms with Crippen LogP contribution in [0.5, 0.6) is 0 Å². The molecule has 0 atom stereocenters. The molecule has 1 saturated carbocycles. The summed E-state index contributed by atoms with van der Waals surface area (Å²) in [6, 6.07) is 5.06. The Hall–Kier alpha value is -0.680. The van der Waals surface area contributed by atoms with Gasteiger partial charge in [-0.3, -0.25) is 0 Å². The molecule has 3 nitrogen and oxygen atoms in total. The van der Waals surface area contributed by atoms with Crippen molar-refractivity contribution in [1.82, 2.24) is 0 Å². The second-order valence-corrected chi connectivity index (χ2v) is 8.21. The average Bonchev–Trinajstić information content (AvgIpc) is 2.32. The maximum atomic E-state index is 11.4. The smallest absolute Gasteiger partial charge is 0.175 e. The predicted molar refractivity (Wildman–Crippen MR) is 76.7 cm³/mol. The lowest BCUT2D eigenvalue weighted by Crippen LogP contribution is -2.08. The molecule has 1 aliphatic carbocycles. The van der Waals surface area contributed by atoms with E-state index in [0.29, 0.717) is 15.8 Å². The number of thioether (sulfide) groups is 1. The average molecular weight is 285 g/mol. The standard InChI is InChI=1S/C13H19NO2S2/c1-18(15,16)11-7-8-13(12(14)9-11)17-10-5-3-2-4-6-10/h7-10H,2-6,14H2,1H3. The number of hydrogen-bond acceptors (Lipinski definition) is 4. The molecule has 0 spiro atoms. The van der Waals surface area contributed by atoms with Crippen molar-refractivity contribution in [2.24, 2.45) is 0 Å². The molecule has 0 bridgehead atoms. The van der Waals surface area contributed by atoms with Gasteiger partial charge in [-0.2, -0.15) is 0 Å². The van der Waals surface area contributed by atoms with Gasteiger partial charge in [0, 0.05) is 22.1 Å². The van der Waals surface area contributed by atoms with E-state index in [1.54, 1.807) is 23.9 Å². The first kappa shape index (κ1) is 13.7. The molecule has 1 aromatic carbocycles. The number of rotatable bonds is 3. The fraction of sp³-hybridized carbons (Fsp3) is 0.538. The van der Waals surface area contributed by atoms with E-state index in [2.05, 4.69) is 0 Å². The zero-order valence-corrected chi connectivity index (χ0v) is 12.2. The third-order valence-corrected chi connectivity index (χ3v) is 5.80. The molecule has 0 saturated heterocycles. The quantitative estimate of drug-likeness (QED) is 0.867. The molecule has 0 radical (unpaired) electrons. The summed E-state index contributed by atoms with van der Waals surface area (Å²) in [7, 11) is -3.16. The SMILES string of the molecule is CS(=O)(=O)c1ccc(SC2CCCCC2)c(N)c1. The summed E-state index contributed by atoms with van der Waals surface area (Å²) in [5.41, 5.74) is 6.53. The third kappa shape index (κ3) is 3.42. The highest BCUT2D eigenvalue weighted by Gasteiger charge is 2.17. The Morgan fingerprint density at radius 1 is 1.22 bits per heavy atom. The first-order valence-corrected chi connectivity index (χ1v) is 9.00. The van der Waals surface area contributed by atoms with Crippen LogP contribution in [-0.4, -0.2) is 19.9 Å². The minimum atomic E-state index is -3.16. The predicted octanol–water partition coefficient (Wildman–Crippen LogP) is 3.10. The van der Waals surface area contributed by atoms with E-state index in [1.807, 2.05) is 6.07 Å². The summed E-state index contributed by atoms with van der Waals surface area (Å²) < 4.78 is 22.8. The van der Waals surface area contributed by atoms with Crippen LogP contribution in [0.4, 0.5) is 5.69 Å². The summed E-state index contributed by atoms with van der Waals surface area (Å²) in [6.07, 6.45) is 7.59. The van der Waals surface area contributed by atoms with Crippen LogP contribution in [0.2, 0.25) is 0 Å². The Kier molecular flexibility index (Phi) is 4.22. The summed E-state index contributed by atoms with van der Waals surface area (Å²) in [4.78, 5) is 1.31. The fourth-order valence-electron chi connectivity index (χ4n) is 2.23. The lowest BCUT2D eigenvalue weighted by Gasteiger charge is -2.21. The zero-order chi connectivity index (χ0) is 13.2. The molecule has 18 heavy (non-hydrogen) atoms. The molecular weight excluding hydrogens is 266 g/mol. The second kappa shape index (κ2) is 5.53. The monoisotopic (exact) mass is 285 g/mol. The topological polar surface area (TPSA) is 60.2 Å². The number of anilines is 1. The molecule has 0 unspecified atom stereocenters. The van der Waals surface area contributed by atoms with Crippen LogP contribution in [-0.2, 0) is 9.84 Å². The molecule has 5 heteroatoms. The number of hydrogen-bond donors (Lipinski definition) is 1. The number of nitrogens with two attached hydrogens (primary N) is 1. The third-order valence-electron chi connectivity index (χ3n) is 3.26. The summed E-state index contributed by atoms with van der Waals surface area (Å²) in [5.74, 6) is 0. The van der Waals surface area contributed by atoms with E-state index in [4.69, 9.17) is 5.73 Å². The largest absolute Gasteiger partial charge is 0.398 e. The first-order chi connectivity index (χ1) is 8.47. The van der Waals surface area contributed by atoms with E-state index in [1.165, 1.54) is 38.4 Å². The number of benzene rings is 1. The molecule has 1 fully saturated rings. The van der Waals surface area contributed by atoms with Gasteiger partial charge in [-0.05, 0) is 31.0 Å². The van der Waals surface area contributed by atoms with E-state index in [9.17, 15) is 8.42 Å². The van der Waals surface area contributed by atoms with Crippen LogP contribution in [0.1, 0.15) is 32.1 Å². The van der Waals surface area contributed by atoms with Crippen LogP contribution < -0.4 is 5.73 Å². The molecule has 0 aromatic heterocycles. The molecular formula is C13H19NO2S2. The molecule has 0 amide bonds. The van der Waals surface area contributed by atoms with Crippen LogP contribution in [0.3, 0.4) is 0 Å². The Bertz CT molecular complexity index is 520. The van der Waals surface area contributed by atoms with Crippen molar-refractivity contribution in [3.8, 4) is 0 Å². The highest BCUT2D eigenvalue weighted by atomic mass is 32.2. The Morgan fingerprint density at radius 2 is 1.89 bits per heavy atom. The van der Waals surface area contributed by atoms with Crippen molar-refractivity contribution in [3.05, 3.63) is 18.2 Å². The van der Waals surface area contributed by atoms with Gasteiger partial charge in [0.15, 0.2) is 9.84 Å². The summed E-state index contributed by atoms with van der Waals surface area (Å²) >= 11 is 1.79. The molecule has 0 heterocycles. The Labute approximate surface area is 113 Å². The van der Waals surface area contributed by atoms with Gasteiger partial charge >= 0.3 is 0 Å². The van der Waals surface area contributed by atoms with Gasteiger partial charge < -0.3 is 5.73 Å². The normalized spacial score (nSPS) is 17.8. The van der Waals surface area contributed by atoms with Crippen LogP contribution in [0.25, 0.3) is 0 Å². The number of sulfone groups is 1. The lowest BCUT2D eigenvalue weighted by molar-refractivity contribution is 0.516. The Morgan fingerprint density at radius 3 is 2.44 bits per heavy atom. The van der Waals surface area contributed by atoms with Gasteiger partial charge in [0.1, 0.15) is 0 Å². The van der Waals surface area contributed by atoms with E-state index < -0.39 is 9.84 Å². The van der Waals surface area contributed by atoms with Crippen molar-refractivity contribution in [2.75, 3.05) is 12.0 Å². The Balaban J connectivity index is 2.14. The summed E-state index contributed by atoms with van der Waals surface area (Å²) in [5, 5.41) is 0.630. The second-order valence-electron chi connectivity index (χ2n) is 4.85. The van der Waals surface area contributed by atoms with Gasteiger partial charge in [0.25, 0.3) is 0 Å². The van der Waals surface area contributed by atoms with Gasteiger partial charge in [-0.15, -0.1) is 11.8 Å². The van der Waals surface area contributed by atoms with Gasteiger partial charge in [-0.1, -0.05) is 19.3 Å². The molecule has 0 aliphatic heterocycles. The molecule has 1 aliphatic rings. The maximum Gasteiger partial charge on any atom is 0.175 e. The fourth-order valence-corrected chi connectivity index (χ4v) is 4.15. The van der Waals surface area contributed by atoms with E-state index in [0.717, 1.165) is 4.90 Å². The minimum absolute atomic E-state index is 0.299. The first-order valence-electron chi connectivity index (χ1n) is 6.23. The van der Waals surface area contributed by atoms with Gasteiger partial charge in [0.2, 0.25) is 0 Å².